The molecule has 0 aliphatic rings. The molecule has 0 aliphatic heterocycles. The molecule has 2 aromatic heterocycles. The number of hydrogen-bond donors (Lipinski definition) is 2. The molecule has 1 aromatic carbocycles. The molecule has 0 fully saturated rings. The third-order valence-electron chi connectivity index (χ3n) is 4.16. The Labute approximate surface area is 190 Å². The van der Waals surface area contributed by atoms with Gasteiger partial charge in [-0.3, -0.25) is 4.79 Å². The minimum absolute atomic E-state index is 0.0115. The number of anilines is 2. The first-order chi connectivity index (χ1) is 15.3. The first-order valence-corrected chi connectivity index (χ1v) is 12.0. The van der Waals surface area contributed by atoms with Crippen molar-refractivity contribution in [3.8, 4) is 6.07 Å². The highest BCUT2D eigenvalue weighted by atomic mass is 32.2. The number of aryl methyl sites for hydroxylation is 2. The van der Waals surface area contributed by atoms with Crippen molar-refractivity contribution in [2.24, 2.45) is 0 Å². The zero-order chi connectivity index (χ0) is 23.1. The molecule has 9 nitrogen and oxygen atoms in total. The van der Waals surface area contributed by atoms with E-state index in [2.05, 4.69) is 31.1 Å². The third kappa shape index (κ3) is 6.26. The SMILES string of the molecule is Cc1ccnc(NS(=O)(=O)c2ccc(NC(=O)CCSc3nc(C)ccc3C#N)cc2)n1. The Morgan fingerprint density at radius 1 is 1.06 bits per heavy atom. The number of aromatic nitrogens is 3. The summed E-state index contributed by atoms with van der Waals surface area (Å²) in [5.41, 5.74) is 2.38. The third-order valence-corrected chi connectivity index (χ3v) is 6.49. The van der Waals surface area contributed by atoms with Crippen LogP contribution in [0.2, 0.25) is 0 Å². The monoisotopic (exact) mass is 468 g/mol. The summed E-state index contributed by atoms with van der Waals surface area (Å²) in [6.07, 6.45) is 1.67. The second kappa shape index (κ2) is 10.2. The van der Waals surface area contributed by atoms with Gasteiger partial charge in [0, 0.05) is 35.4 Å². The van der Waals surface area contributed by atoms with Crippen molar-refractivity contribution in [3.63, 3.8) is 0 Å². The van der Waals surface area contributed by atoms with Crippen molar-refractivity contribution >= 4 is 39.3 Å². The predicted molar refractivity (Wildman–Crippen MR) is 122 cm³/mol. The highest BCUT2D eigenvalue weighted by molar-refractivity contribution is 7.99. The summed E-state index contributed by atoms with van der Waals surface area (Å²) in [5.74, 6) is 0.206. The molecule has 0 radical (unpaired) electrons. The summed E-state index contributed by atoms with van der Waals surface area (Å²) in [4.78, 5) is 24.5. The van der Waals surface area contributed by atoms with Gasteiger partial charge in [0.25, 0.3) is 10.0 Å². The normalized spacial score (nSPS) is 10.9. The van der Waals surface area contributed by atoms with Crippen LogP contribution in [-0.2, 0) is 14.8 Å². The molecular formula is C21H20N6O3S2. The van der Waals surface area contributed by atoms with E-state index in [-0.39, 0.29) is 23.2 Å². The molecule has 3 rings (SSSR count). The van der Waals surface area contributed by atoms with Gasteiger partial charge in [0.1, 0.15) is 11.1 Å². The quantitative estimate of drug-likeness (QED) is 0.480. The number of rotatable bonds is 8. The van der Waals surface area contributed by atoms with Crippen LogP contribution in [-0.4, -0.2) is 35.0 Å². The Kier molecular flexibility index (Phi) is 7.40. The number of nitriles is 1. The van der Waals surface area contributed by atoms with E-state index in [1.54, 1.807) is 25.1 Å². The van der Waals surface area contributed by atoms with Gasteiger partial charge >= 0.3 is 0 Å². The van der Waals surface area contributed by atoms with E-state index in [4.69, 9.17) is 5.26 Å². The number of carbonyl (C=O) groups excluding carboxylic acids is 1. The van der Waals surface area contributed by atoms with E-state index < -0.39 is 10.0 Å². The maximum atomic E-state index is 12.5. The molecule has 2 heterocycles. The number of sulfonamides is 1. The molecule has 164 valence electrons. The maximum absolute atomic E-state index is 12.5. The number of nitrogens with one attached hydrogen (secondary N) is 2. The summed E-state index contributed by atoms with van der Waals surface area (Å²) in [6, 6.07) is 13.0. The Hall–Kier alpha value is -3.49. The van der Waals surface area contributed by atoms with Crippen LogP contribution in [0.3, 0.4) is 0 Å². The Bertz CT molecular complexity index is 1270. The average Bonchev–Trinajstić information content (AvgIpc) is 2.74. The lowest BCUT2D eigenvalue weighted by Gasteiger charge is -2.09. The lowest BCUT2D eigenvalue weighted by molar-refractivity contribution is -0.115. The molecule has 0 saturated carbocycles. The Balaban J connectivity index is 1.55. The van der Waals surface area contributed by atoms with Crippen LogP contribution in [0.15, 0.2) is 58.6 Å². The molecule has 1 amide bonds. The molecule has 0 unspecified atom stereocenters. The van der Waals surface area contributed by atoms with Gasteiger partial charge in [-0.15, -0.1) is 11.8 Å². The zero-order valence-electron chi connectivity index (χ0n) is 17.4. The molecule has 32 heavy (non-hydrogen) atoms. The fourth-order valence-corrected chi connectivity index (χ4v) is 4.50. The highest BCUT2D eigenvalue weighted by Gasteiger charge is 2.16. The smallest absolute Gasteiger partial charge is 0.264 e. The minimum atomic E-state index is -3.85. The molecule has 0 bridgehead atoms. The van der Waals surface area contributed by atoms with Gasteiger partial charge in [0.2, 0.25) is 11.9 Å². The van der Waals surface area contributed by atoms with Crippen LogP contribution in [0.1, 0.15) is 23.4 Å². The van der Waals surface area contributed by atoms with Gasteiger partial charge in [-0.05, 0) is 56.3 Å². The molecular weight excluding hydrogens is 448 g/mol. The molecule has 0 atom stereocenters. The van der Waals surface area contributed by atoms with E-state index in [9.17, 15) is 13.2 Å². The largest absolute Gasteiger partial charge is 0.326 e. The van der Waals surface area contributed by atoms with Crippen molar-refractivity contribution in [2.45, 2.75) is 30.2 Å². The summed E-state index contributed by atoms with van der Waals surface area (Å²) in [7, 11) is -3.85. The van der Waals surface area contributed by atoms with Gasteiger partial charge in [0.15, 0.2) is 0 Å². The summed E-state index contributed by atoms with van der Waals surface area (Å²) < 4.78 is 27.3. The second-order valence-corrected chi connectivity index (χ2v) is 9.48. The van der Waals surface area contributed by atoms with Gasteiger partial charge in [-0.25, -0.2) is 28.1 Å². The lowest BCUT2D eigenvalue weighted by atomic mass is 10.3. The maximum Gasteiger partial charge on any atom is 0.264 e. The first-order valence-electron chi connectivity index (χ1n) is 9.50. The Morgan fingerprint density at radius 2 is 1.78 bits per heavy atom. The number of thioether (sulfide) groups is 1. The average molecular weight is 469 g/mol. The molecule has 0 saturated heterocycles. The van der Waals surface area contributed by atoms with Crippen molar-refractivity contribution in [1.82, 2.24) is 15.0 Å². The van der Waals surface area contributed by atoms with Gasteiger partial charge in [0.05, 0.1) is 10.5 Å². The summed E-state index contributed by atoms with van der Waals surface area (Å²) in [6.45, 7) is 3.57. The van der Waals surface area contributed by atoms with Crippen molar-refractivity contribution in [1.29, 1.82) is 5.26 Å². The van der Waals surface area contributed by atoms with E-state index in [0.717, 1.165) is 5.69 Å². The number of hydrogen-bond acceptors (Lipinski definition) is 8. The molecule has 3 aromatic rings. The molecule has 0 spiro atoms. The van der Waals surface area contributed by atoms with Crippen LogP contribution < -0.4 is 10.0 Å². The van der Waals surface area contributed by atoms with Crippen molar-refractivity contribution in [3.05, 3.63) is 65.6 Å². The fraction of sp³-hybridized carbons (Fsp3) is 0.190. The van der Waals surface area contributed by atoms with E-state index in [1.807, 2.05) is 6.92 Å². The number of amides is 1. The lowest BCUT2D eigenvalue weighted by Crippen LogP contribution is -2.16. The number of pyridine rings is 1. The highest BCUT2D eigenvalue weighted by Crippen LogP contribution is 2.22. The fourth-order valence-electron chi connectivity index (χ4n) is 2.59. The van der Waals surface area contributed by atoms with Crippen LogP contribution in [0.25, 0.3) is 0 Å². The first kappa shape index (κ1) is 23.2. The Morgan fingerprint density at radius 3 is 2.47 bits per heavy atom. The number of benzene rings is 1. The molecule has 0 aliphatic carbocycles. The van der Waals surface area contributed by atoms with Gasteiger partial charge in [-0.2, -0.15) is 5.26 Å². The van der Waals surface area contributed by atoms with Crippen molar-refractivity contribution in [2.75, 3.05) is 15.8 Å². The summed E-state index contributed by atoms with van der Waals surface area (Å²) in [5, 5.41) is 12.5. The van der Waals surface area contributed by atoms with Crippen LogP contribution in [0.4, 0.5) is 11.6 Å². The second-order valence-electron chi connectivity index (χ2n) is 6.72. The van der Waals surface area contributed by atoms with Gasteiger partial charge in [-0.1, -0.05) is 0 Å². The predicted octanol–water partition coefficient (Wildman–Crippen LogP) is 3.28. The van der Waals surface area contributed by atoms with Gasteiger partial charge < -0.3 is 5.32 Å². The molecule has 11 heteroatoms. The summed E-state index contributed by atoms with van der Waals surface area (Å²) >= 11 is 1.34. The zero-order valence-corrected chi connectivity index (χ0v) is 19.0. The topological polar surface area (TPSA) is 138 Å². The van der Waals surface area contributed by atoms with E-state index >= 15 is 0 Å². The van der Waals surface area contributed by atoms with E-state index in [0.29, 0.717) is 27.7 Å². The van der Waals surface area contributed by atoms with Crippen molar-refractivity contribution < 1.29 is 13.2 Å². The van der Waals surface area contributed by atoms with Crippen LogP contribution in [0.5, 0.6) is 0 Å². The van der Waals surface area contributed by atoms with Crippen LogP contribution >= 0.6 is 11.8 Å². The number of nitrogens with zero attached hydrogens (tertiary/aromatic N) is 4. The van der Waals surface area contributed by atoms with E-state index in [1.165, 1.54) is 42.2 Å². The minimum Gasteiger partial charge on any atom is -0.326 e. The van der Waals surface area contributed by atoms with Crippen LogP contribution in [0, 0.1) is 25.2 Å². The standard InChI is InChI=1S/C21H20N6O3S2/c1-14-3-4-16(13-22)20(24-14)31-12-10-19(28)26-17-5-7-18(8-6-17)32(29,30)27-21-23-11-9-15(2)25-21/h3-9,11H,10,12H2,1-2H3,(H,26,28)(H,23,25,27). The molecule has 2 N–H and O–H groups in total. The number of carbonyl (C=O) groups is 1.